The van der Waals surface area contributed by atoms with Crippen molar-refractivity contribution in [3.63, 3.8) is 0 Å². The summed E-state index contributed by atoms with van der Waals surface area (Å²) < 4.78 is 12.8. The molecule has 21 heavy (non-hydrogen) atoms. The van der Waals surface area contributed by atoms with Crippen molar-refractivity contribution in [3.05, 3.63) is 65.5 Å². The molecule has 0 atom stereocenters. The number of nitrogens with zero attached hydrogens (tertiary/aromatic N) is 1. The Labute approximate surface area is 123 Å². The molecular formula is C17H17FN2O. The Balaban J connectivity index is 1.54. The van der Waals surface area contributed by atoms with Crippen molar-refractivity contribution >= 4 is 11.6 Å². The van der Waals surface area contributed by atoms with Gasteiger partial charge in [-0.3, -0.25) is 4.79 Å². The molecule has 1 N–H and O–H groups in total. The Morgan fingerprint density at radius 2 is 1.90 bits per heavy atom. The van der Waals surface area contributed by atoms with E-state index < -0.39 is 0 Å². The Morgan fingerprint density at radius 1 is 1.14 bits per heavy atom. The minimum atomic E-state index is -0.247. The minimum Gasteiger partial charge on any atom is -0.311 e. The van der Waals surface area contributed by atoms with Crippen LogP contribution in [-0.2, 0) is 17.8 Å². The first kappa shape index (κ1) is 13.8. The second-order valence-corrected chi connectivity index (χ2v) is 5.15. The van der Waals surface area contributed by atoms with Gasteiger partial charge in [-0.15, -0.1) is 0 Å². The molecule has 3 rings (SSSR count). The highest BCUT2D eigenvalue weighted by Crippen LogP contribution is 2.27. The van der Waals surface area contributed by atoms with E-state index in [9.17, 15) is 9.18 Å². The molecule has 0 fully saturated rings. The molecule has 1 amide bonds. The Morgan fingerprint density at radius 3 is 2.71 bits per heavy atom. The van der Waals surface area contributed by atoms with Crippen molar-refractivity contribution < 1.29 is 9.18 Å². The van der Waals surface area contributed by atoms with E-state index in [0.29, 0.717) is 6.54 Å². The Hall–Kier alpha value is -2.20. The van der Waals surface area contributed by atoms with Crippen molar-refractivity contribution in [3.8, 4) is 0 Å². The van der Waals surface area contributed by atoms with E-state index in [2.05, 4.69) is 11.4 Å². The maximum absolute atomic E-state index is 12.8. The van der Waals surface area contributed by atoms with Crippen LogP contribution in [0.25, 0.3) is 0 Å². The van der Waals surface area contributed by atoms with Crippen LogP contribution in [0, 0.1) is 5.82 Å². The fourth-order valence-corrected chi connectivity index (χ4v) is 2.61. The van der Waals surface area contributed by atoms with Crippen molar-refractivity contribution in [2.24, 2.45) is 0 Å². The highest BCUT2D eigenvalue weighted by Gasteiger charge is 2.23. The van der Waals surface area contributed by atoms with Crippen LogP contribution in [0.5, 0.6) is 0 Å². The molecule has 0 saturated heterocycles. The summed E-state index contributed by atoms with van der Waals surface area (Å²) in [5.41, 5.74) is 3.21. The van der Waals surface area contributed by atoms with Gasteiger partial charge < -0.3 is 10.2 Å². The summed E-state index contributed by atoms with van der Waals surface area (Å²) in [5, 5.41) is 3.11. The maximum Gasteiger partial charge on any atom is 0.240 e. The minimum absolute atomic E-state index is 0.0714. The molecule has 4 heteroatoms. The van der Waals surface area contributed by atoms with Crippen LogP contribution in [-0.4, -0.2) is 19.0 Å². The molecule has 0 aromatic heterocycles. The quantitative estimate of drug-likeness (QED) is 0.935. The van der Waals surface area contributed by atoms with E-state index in [1.54, 1.807) is 12.1 Å². The van der Waals surface area contributed by atoms with Crippen LogP contribution < -0.4 is 10.2 Å². The van der Waals surface area contributed by atoms with Gasteiger partial charge in [0.15, 0.2) is 0 Å². The summed E-state index contributed by atoms with van der Waals surface area (Å²) in [6.07, 6.45) is 0.917. The lowest BCUT2D eigenvalue weighted by atomic mass is 10.2. The van der Waals surface area contributed by atoms with Crippen LogP contribution in [0.4, 0.5) is 10.1 Å². The smallest absolute Gasteiger partial charge is 0.240 e. The van der Waals surface area contributed by atoms with Gasteiger partial charge in [0.2, 0.25) is 5.91 Å². The number of carbonyl (C=O) groups is 1. The summed E-state index contributed by atoms with van der Waals surface area (Å²) in [7, 11) is 0. The number of rotatable bonds is 4. The first-order valence-electron chi connectivity index (χ1n) is 7.07. The maximum atomic E-state index is 12.8. The third-order valence-electron chi connectivity index (χ3n) is 3.71. The first-order valence-corrected chi connectivity index (χ1v) is 7.07. The van der Waals surface area contributed by atoms with Crippen molar-refractivity contribution in [1.29, 1.82) is 0 Å². The molecule has 1 heterocycles. The molecule has 0 saturated carbocycles. The average Bonchev–Trinajstić information content (AvgIpc) is 2.93. The lowest BCUT2D eigenvalue weighted by Gasteiger charge is -2.17. The Kier molecular flexibility index (Phi) is 3.97. The number of hydrogen-bond acceptors (Lipinski definition) is 2. The molecule has 1 aliphatic rings. The molecular weight excluding hydrogens is 267 g/mol. The number of para-hydroxylation sites is 1. The van der Waals surface area contributed by atoms with Gasteiger partial charge in [-0.1, -0.05) is 30.3 Å². The number of fused-ring (bicyclic) bond motifs is 1. The fraction of sp³-hybridized carbons (Fsp3) is 0.235. The number of benzene rings is 2. The molecule has 1 aliphatic heterocycles. The van der Waals surface area contributed by atoms with E-state index in [1.807, 2.05) is 23.1 Å². The summed E-state index contributed by atoms with van der Waals surface area (Å²) in [6.45, 7) is 1.59. The summed E-state index contributed by atoms with van der Waals surface area (Å²) >= 11 is 0. The normalized spacial score (nSPS) is 13.3. The topological polar surface area (TPSA) is 32.3 Å². The van der Waals surface area contributed by atoms with Crippen LogP contribution in [0.1, 0.15) is 11.1 Å². The predicted octanol–water partition coefficient (Wildman–Crippen LogP) is 2.50. The predicted molar refractivity (Wildman–Crippen MR) is 80.6 cm³/mol. The lowest BCUT2D eigenvalue weighted by Crippen LogP contribution is -2.36. The van der Waals surface area contributed by atoms with Gasteiger partial charge >= 0.3 is 0 Å². The zero-order valence-electron chi connectivity index (χ0n) is 11.7. The number of nitrogens with one attached hydrogen (secondary N) is 1. The van der Waals surface area contributed by atoms with Gasteiger partial charge in [0.1, 0.15) is 5.82 Å². The average molecular weight is 284 g/mol. The first-order chi connectivity index (χ1) is 10.2. The zero-order valence-corrected chi connectivity index (χ0v) is 11.7. The molecule has 2 aromatic rings. The zero-order chi connectivity index (χ0) is 14.7. The highest BCUT2D eigenvalue weighted by molar-refractivity contribution is 5.96. The summed E-state index contributed by atoms with van der Waals surface area (Å²) in [4.78, 5) is 14.1. The molecule has 0 aliphatic carbocycles. The molecule has 3 nitrogen and oxygen atoms in total. The van der Waals surface area contributed by atoms with Crippen LogP contribution in [0.2, 0.25) is 0 Å². The second-order valence-electron chi connectivity index (χ2n) is 5.15. The third kappa shape index (κ3) is 3.11. The molecule has 0 bridgehead atoms. The van der Waals surface area contributed by atoms with E-state index in [1.165, 1.54) is 17.7 Å². The molecule has 2 aromatic carbocycles. The third-order valence-corrected chi connectivity index (χ3v) is 3.71. The molecule has 0 unspecified atom stereocenters. The van der Waals surface area contributed by atoms with Gasteiger partial charge in [0, 0.05) is 18.8 Å². The summed E-state index contributed by atoms with van der Waals surface area (Å²) in [5.74, 6) is -0.175. The van der Waals surface area contributed by atoms with Crippen molar-refractivity contribution in [2.75, 3.05) is 18.0 Å². The highest BCUT2D eigenvalue weighted by atomic mass is 19.1. The van der Waals surface area contributed by atoms with Crippen molar-refractivity contribution in [2.45, 2.75) is 13.0 Å². The number of halogens is 1. The monoisotopic (exact) mass is 284 g/mol. The molecule has 0 radical (unpaired) electrons. The number of amides is 1. The Bertz CT molecular complexity index is 639. The second kappa shape index (κ2) is 6.06. The van der Waals surface area contributed by atoms with Gasteiger partial charge in [-0.2, -0.15) is 0 Å². The number of hydrogen-bond donors (Lipinski definition) is 1. The van der Waals surface area contributed by atoms with Gasteiger partial charge in [-0.05, 0) is 35.7 Å². The van der Waals surface area contributed by atoms with Gasteiger partial charge in [-0.25, -0.2) is 4.39 Å². The van der Waals surface area contributed by atoms with Crippen LogP contribution in [0.15, 0.2) is 48.5 Å². The van der Waals surface area contributed by atoms with E-state index in [-0.39, 0.29) is 18.3 Å². The van der Waals surface area contributed by atoms with E-state index in [4.69, 9.17) is 0 Å². The van der Waals surface area contributed by atoms with Crippen molar-refractivity contribution in [1.82, 2.24) is 5.32 Å². The fourth-order valence-electron chi connectivity index (χ4n) is 2.61. The number of anilines is 1. The SMILES string of the molecule is O=C(CNCc1ccc(F)cc1)N1CCc2ccccc21. The van der Waals surface area contributed by atoms with Gasteiger partial charge in [0.25, 0.3) is 0 Å². The van der Waals surface area contributed by atoms with E-state index >= 15 is 0 Å². The largest absolute Gasteiger partial charge is 0.311 e. The standard InChI is InChI=1S/C17H17FN2O/c18-15-7-5-13(6-8-15)11-19-12-17(21)20-10-9-14-3-1-2-4-16(14)20/h1-8,19H,9-12H2. The van der Waals surface area contributed by atoms with Crippen LogP contribution >= 0.6 is 0 Å². The van der Waals surface area contributed by atoms with Gasteiger partial charge in [0.05, 0.1) is 6.54 Å². The van der Waals surface area contributed by atoms with Crippen LogP contribution in [0.3, 0.4) is 0 Å². The lowest BCUT2D eigenvalue weighted by molar-refractivity contribution is -0.117. The van der Waals surface area contributed by atoms with E-state index in [0.717, 1.165) is 24.2 Å². The summed E-state index contributed by atoms with van der Waals surface area (Å²) in [6, 6.07) is 14.3. The number of carbonyl (C=O) groups excluding carboxylic acids is 1. The molecule has 108 valence electrons. The molecule has 0 spiro atoms.